The summed E-state index contributed by atoms with van der Waals surface area (Å²) in [6, 6.07) is 4.30. The van der Waals surface area contributed by atoms with Crippen LogP contribution in [0, 0.1) is 0 Å². The minimum absolute atomic E-state index is 0.0589. The van der Waals surface area contributed by atoms with Crippen molar-refractivity contribution in [3.8, 4) is 23.3 Å². The first-order chi connectivity index (χ1) is 14.9. The van der Waals surface area contributed by atoms with Crippen LogP contribution in [0.15, 0.2) is 18.2 Å². The standard InChI is InChI=1S/C20H24ClN3O7/c1-5-7-30-18-13(21)8-12(9-14(18)29-6-2)19(26)31-11-15(25)22-20-23-16(27-3)10-17(24-20)28-4/h8-10H,5-7,11H2,1-4H3,(H,22,23,24,25). The van der Waals surface area contributed by atoms with Gasteiger partial charge in [-0.25, -0.2) is 4.79 Å². The molecule has 0 bridgehead atoms. The summed E-state index contributed by atoms with van der Waals surface area (Å²) >= 11 is 6.24. The number of halogens is 1. The van der Waals surface area contributed by atoms with E-state index in [0.29, 0.717) is 24.7 Å². The van der Waals surface area contributed by atoms with Crippen molar-refractivity contribution in [2.45, 2.75) is 20.3 Å². The second kappa shape index (κ2) is 11.8. The fourth-order valence-corrected chi connectivity index (χ4v) is 2.60. The van der Waals surface area contributed by atoms with Gasteiger partial charge in [-0.15, -0.1) is 0 Å². The zero-order valence-electron chi connectivity index (χ0n) is 17.7. The van der Waals surface area contributed by atoms with Crippen LogP contribution in [0.1, 0.15) is 30.6 Å². The van der Waals surface area contributed by atoms with E-state index in [1.165, 1.54) is 32.4 Å². The number of anilines is 1. The first-order valence-corrected chi connectivity index (χ1v) is 9.82. The zero-order chi connectivity index (χ0) is 22.8. The summed E-state index contributed by atoms with van der Waals surface area (Å²) in [5.74, 6) is -0.408. The van der Waals surface area contributed by atoms with Crippen LogP contribution in [-0.4, -0.2) is 55.9 Å². The van der Waals surface area contributed by atoms with Crippen LogP contribution in [0.5, 0.6) is 23.3 Å². The molecule has 168 valence electrons. The number of benzene rings is 1. The number of aromatic nitrogens is 2. The highest BCUT2D eigenvalue weighted by molar-refractivity contribution is 6.32. The van der Waals surface area contributed by atoms with Gasteiger partial charge in [0.1, 0.15) is 0 Å². The maximum atomic E-state index is 12.4. The number of carbonyl (C=O) groups excluding carboxylic acids is 2. The second-order valence-corrected chi connectivity index (χ2v) is 6.37. The number of nitrogens with one attached hydrogen (secondary N) is 1. The summed E-state index contributed by atoms with van der Waals surface area (Å²) in [4.78, 5) is 32.5. The van der Waals surface area contributed by atoms with E-state index >= 15 is 0 Å². The SMILES string of the molecule is CCCOc1c(Cl)cc(C(=O)OCC(=O)Nc2nc(OC)cc(OC)n2)cc1OCC. The minimum Gasteiger partial charge on any atom is -0.490 e. The van der Waals surface area contributed by atoms with Gasteiger partial charge in [0.2, 0.25) is 17.7 Å². The number of nitrogens with zero attached hydrogens (tertiary/aromatic N) is 2. The number of amides is 1. The van der Waals surface area contributed by atoms with Gasteiger partial charge < -0.3 is 23.7 Å². The largest absolute Gasteiger partial charge is 0.490 e. The molecule has 31 heavy (non-hydrogen) atoms. The predicted molar refractivity (Wildman–Crippen MR) is 112 cm³/mol. The summed E-state index contributed by atoms with van der Waals surface area (Å²) in [5, 5.41) is 2.61. The van der Waals surface area contributed by atoms with Crippen LogP contribution in [0.2, 0.25) is 5.02 Å². The highest BCUT2D eigenvalue weighted by atomic mass is 35.5. The quantitative estimate of drug-likeness (QED) is 0.512. The molecule has 2 rings (SSSR count). The number of methoxy groups -OCH3 is 2. The molecule has 1 aromatic heterocycles. The fraction of sp³-hybridized carbons (Fsp3) is 0.400. The third-order valence-corrected chi connectivity index (χ3v) is 3.96. The second-order valence-electron chi connectivity index (χ2n) is 5.97. The molecule has 0 aliphatic rings. The van der Waals surface area contributed by atoms with Crippen molar-refractivity contribution in [3.05, 3.63) is 28.8 Å². The maximum Gasteiger partial charge on any atom is 0.338 e. The molecular formula is C20H24ClN3O7. The van der Waals surface area contributed by atoms with Gasteiger partial charge in [-0.3, -0.25) is 10.1 Å². The van der Waals surface area contributed by atoms with Gasteiger partial charge in [0, 0.05) is 0 Å². The lowest BCUT2D eigenvalue weighted by molar-refractivity contribution is -0.119. The molecule has 2 aromatic rings. The summed E-state index contributed by atoms with van der Waals surface area (Å²) in [7, 11) is 2.82. The van der Waals surface area contributed by atoms with E-state index in [1.807, 2.05) is 6.92 Å². The number of esters is 1. The van der Waals surface area contributed by atoms with Crippen molar-refractivity contribution in [1.29, 1.82) is 0 Å². The van der Waals surface area contributed by atoms with Crippen LogP contribution < -0.4 is 24.3 Å². The lowest BCUT2D eigenvalue weighted by atomic mass is 10.2. The number of hydrogen-bond acceptors (Lipinski definition) is 9. The average molecular weight is 454 g/mol. The normalized spacial score (nSPS) is 10.2. The Balaban J connectivity index is 2.05. The number of ether oxygens (including phenoxy) is 5. The average Bonchev–Trinajstić information content (AvgIpc) is 2.76. The van der Waals surface area contributed by atoms with Crippen molar-refractivity contribution < 1.29 is 33.3 Å². The van der Waals surface area contributed by atoms with Crippen molar-refractivity contribution in [3.63, 3.8) is 0 Å². The number of carbonyl (C=O) groups is 2. The Bertz CT molecular complexity index is 902. The first kappa shape index (κ1) is 24.0. The lowest BCUT2D eigenvalue weighted by Gasteiger charge is -2.14. The van der Waals surface area contributed by atoms with Crippen molar-refractivity contribution in [2.24, 2.45) is 0 Å². The van der Waals surface area contributed by atoms with Gasteiger partial charge in [0.25, 0.3) is 5.91 Å². The van der Waals surface area contributed by atoms with Crippen LogP contribution in [-0.2, 0) is 9.53 Å². The first-order valence-electron chi connectivity index (χ1n) is 9.44. The third kappa shape index (κ3) is 6.88. The Morgan fingerprint density at radius 2 is 1.71 bits per heavy atom. The Morgan fingerprint density at radius 3 is 2.29 bits per heavy atom. The summed E-state index contributed by atoms with van der Waals surface area (Å²) in [6.45, 7) is 3.97. The molecule has 0 saturated heterocycles. The highest BCUT2D eigenvalue weighted by Crippen LogP contribution is 2.37. The van der Waals surface area contributed by atoms with Crippen LogP contribution >= 0.6 is 11.6 Å². The monoisotopic (exact) mass is 453 g/mol. The molecule has 1 N–H and O–H groups in total. The zero-order valence-corrected chi connectivity index (χ0v) is 18.4. The molecule has 0 aliphatic heterocycles. The molecule has 0 unspecified atom stereocenters. The van der Waals surface area contributed by atoms with Gasteiger partial charge in [-0.05, 0) is 25.5 Å². The summed E-state index contributed by atoms with van der Waals surface area (Å²) in [5.41, 5.74) is 0.115. The number of rotatable bonds is 11. The van der Waals surface area contributed by atoms with Crippen molar-refractivity contribution in [2.75, 3.05) is 39.4 Å². The smallest absolute Gasteiger partial charge is 0.338 e. The predicted octanol–water partition coefficient (Wildman–Crippen LogP) is 3.13. The van der Waals surface area contributed by atoms with Crippen LogP contribution in [0.4, 0.5) is 5.95 Å². The molecule has 1 amide bonds. The van der Waals surface area contributed by atoms with Gasteiger partial charge in [0.05, 0.1) is 44.1 Å². The number of hydrogen-bond donors (Lipinski definition) is 1. The maximum absolute atomic E-state index is 12.4. The fourth-order valence-electron chi connectivity index (χ4n) is 2.34. The van der Waals surface area contributed by atoms with Crippen molar-refractivity contribution in [1.82, 2.24) is 9.97 Å². The molecule has 10 nitrogen and oxygen atoms in total. The van der Waals surface area contributed by atoms with Gasteiger partial charge in [0.15, 0.2) is 18.1 Å². The molecule has 0 spiro atoms. The molecule has 1 aromatic carbocycles. The van der Waals surface area contributed by atoms with E-state index in [1.54, 1.807) is 6.92 Å². The molecule has 11 heteroatoms. The molecule has 0 radical (unpaired) electrons. The molecule has 1 heterocycles. The highest BCUT2D eigenvalue weighted by Gasteiger charge is 2.18. The Morgan fingerprint density at radius 1 is 1.03 bits per heavy atom. The molecule has 0 aliphatic carbocycles. The van der Waals surface area contributed by atoms with E-state index in [0.717, 1.165) is 6.42 Å². The molecule has 0 fully saturated rings. The minimum atomic E-state index is -0.760. The van der Waals surface area contributed by atoms with Gasteiger partial charge in [-0.2, -0.15) is 9.97 Å². The summed E-state index contributed by atoms with van der Waals surface area (Å²) in [6.07, 6.45) is 0.781. The Hall–Kier alpha value is -3.27. The summed E-state index contributed by atoms with van der Waals surface area (Å²) < 4.78 is 26.2. The van der Waals surface area contributed by atoms with Crippen molar-refractivity contribution >= 4 is 29.4 Å². The molecule has 0 atom stereocenters. The molecular weight excluding hydrogens is 430 g/mol. The van der Waals surface area contributed by atoms with E-state index in [2.05, 4.69) is 15.3 Å². The lowest BCUT2D eigenvalue weighted by Crippen LogP contribution is -2.22. The van der Waals surface area contributed by atoms with Gasteiger partial charge >= 0.3 is 5.97 Å². The van der Waals surface area contributed by atoms with E-state index in [9.17, 15) is 9.59 Å². The topological polar surface area (TPSA) is 118 Å². The third-order valence-electron chi connectivity index (χ3n) is 3.68. The van der Waals surface area contributed by atoms with E-state index < -0.39 is 18.5 Å². The Labute approximate surface area is 184 Å². The Kier molecular flexibility index (Phi) is 9.13. The molecule has 0 saturated carbocycles. The van der Waals surface area contributed by atoms with Crippen LogP contribution in [0.25, 0.3) is 0 Å². The van der Waals surface area contributed by atoms with E-state index in [-0.39, 0.29) is 28.3 Å². The van der Waals surface area contributed by atoms with E-state index in [4.69, 9.17) is 35.3 Å². The van der Waals surface area contributed by atoms with Crippen LogP contribution in [0.3, 0.4) is 0 Å². The van der Waals surface area contributed by atoms with Gasteiger partial charge in [-0.1, -0.05) is 18.5 Å².